The van der Waals surface area contributed by atoms with E-state index >= 15 is 0 Å². The van der Waals surface area contributed by atoms with E-state index in [1.165, 1.54) is 18.3 Å². The lowest BCUT2D eigenvalue weighted by molar-refractivity contribution is -0.140. The largest absolute Gasteiger partial charge is 0.507 e. The van der Waals surface area contributed by atoms with Gasteiger partial charge in [0.1, 0.15) is 23.9 Å². The molecule has 1 atom stereocenters. The van der Waals surface area contributed by atoms with Gasteiger partial charge in [-0.15, -0.1) is 0 Å². The van der Waals surface area contributed by atoms with Crippen LogP contribution >= 0.6 is 0 Å². The molecule has 0 saturated carbocycles. The number of methoxy groups -OCH3 is 1. The number of rotatable bonds is 11. The summed E-state index contributed by atoms with van der Waals surface area (Å²) in [6.07, 6.45) is 2.33. The van der Waals surface area contributed by atoms with Crippen LogP contribution in [0.4, 0.5) is 0 Å². The quantitative estimate of drug-likeness (QED) is 0.133. The number of ketones is 1. The second-order valence-corrected chi connectivity index (χ2v) is 9.57. The highest BCUT2D eigenvalue weighted by molar-refractivity contribution is 6.46. The van der Waals surface area contributed by atoms with E-state index in [1.807, 2.05) is 37.3 Å². The van der Waals surface area contributed by atoms with E-state index in [-0.39, 0.29) is 17.9 Å². The number of Topliss-reactive ketones (excluding diaryl/α,β-unsaturated/α-hetero) is 1. The highest BCUT2D eigenvalue weighted by atomic mass is 16.5. The molecule has 8 heteroatoms. The maximum absolute atomic E-state index is 13.5. The number of hydrogen-bond donors (Lipinski definition) is 1. The number of amides is 1. The Morgan fingerprint density at radius 3 is 2.49 bits per heavy atom. The van der Waals surface area contributed by atoms with E-state index in [9.17, 15) is 14.7 Å². The van der Waals surface area contributed by atoms with Gasteiger partial charge in [-0.3, -0.25) is 9.59 Å². The molecule has 1 aliphatic heterocycles. The van der Waals surface area contributed by atoms with Gasteiger partial charge in [-0.25, -0.2) is 0 Å². The Kier molecular flexibility index (Phi) is 8.39. The van der Waals surface area contributed by atoms with Gasteiger partial charge in [0.25, 0.3) is 11.7 Å². The predicted molar refractivity (Wildman–Crippen MR) is 153 cm³/mol. The van der Waals surface area contributed by atoms with E-state index < -0.39 is 17.7 Å². The number of ether oxygens (including phenoxy) is 3. The second kappa shape index (κ2) is 12.5. The van der Waals surface area contributed by atoms with Crippen LogP contribution in [0.3, 0.4) is 0 Å². The molecule has 0 bridgehead atoms. The van der Waals surface area contributed by atoms with Crippen LogP contribution in [0, 0.1) is 0 Å². The molecule has 1 unspecified atom stereocenters. The average Bonchev–Trinajstić information content (AvgIpc) is 3.61. The van der Waals surface area contributed by atoms with Crippen molar-refractivity contribution >= 4 is 17.4 Å². The fraction of sp³-hybridized carbons (Fsp3) is 0.212. The zero-order valence-electron chi connectivity index (χ0n) is 22.9. The Bertz CT molecular complexity index is 1540. The lowest BCUT2D eigenvalue weighted by atomic mass is 9.95. The van der Waals surface area contributed by atoms with Crippen LogP contribution < -0.4 is 14.2 Å². The maximum atomic E-state index is 13.5. The number of aliphatic hydroxyl groups is 1. The van der Waals surface area contributed by atoms with Crippen molar-refractivity contribution in [3.63, 3.8) is 0 Å². The second-order valence-electron chi connectivity index (χ2n) is 9.57. The first-order valence-corrected chi connectivity index (χ1v) is 13.4. The van der Waals surface area contributed by atoms with Crippen molar-refractivity contribution in [3.8, 4) is 17.2 Å². The van der Waals surface area contributed by atoms with Gasteiger partial charge in [-0.05, 0) is 53.9 Å². The predicted octanol–water partition coefficient (Wildman–Crippen LogP) is 6.28. The lowest BCUT2D eigenvalue weighted by Crippen LogP contribution is -2.29. The minimum absolute atomic E-state index is 0.0331. The lowest BCUT2D eigenvalue weighted by Gasteiger charge is -2.25. The third-order valence-electron chi connectivity index (χ3n) is 6.77. The van der Waals surface area contributed by atoms with Gasteiger partial charge in [-0.2, -0.15) is 0 Å². The molecule has 8 nitrogen and oxygen atoms in total. The molecule has 0 radical (unpaired) electrons. The van der Waals surface area contributed by atoms with Crippen molar-refractivity contribution in [2.24, 2.45) is 0 Å². The van der Waals surface area contributed by atoms with Crippen LogP contribution in [-0.4, -0.2) is 35.4 Å². The number of furan rings is 1. The summed E-state index contributed by atoms with van der Waals surface area (Å²) in [5.41, 5.74) is 1.90. The summed E-state index contributed by atoms with van der Waals surface area (Å²) in [6, 6.07) is 24.3. The summed E-state index contributed by atoms with van der Waals surface area (Å²) in [4.78, 5) is 28.2. The van der Waals surface area contributed by atoms with Crippen molar-refractivity contribution in [1.29, 1.82) is 0 Å². The molecule has 0 spiro atoms. The highest BCUT2D eigenvalue weighted by Gasteiger charge is 2.46. The molecule has 1 aliphatic rings. The number of benzene rings is 3. The summed E-state index contributed by atoms with van der Waals surface area (Å²) in [7, 11) is 1.52. The summed E-state index contributed by atoms with van der Waals surface area (Å²) >= 11 is 0. The van der Waals surface area contributed by atoms with Crippen molar-refractivity contribution < 1.29 is 33.3 Å². The minimum atomic E-state index is -0.905. The third kappa shape index (κ3) is 5.96. The van der Waals surface area contributed by atoms with Crippen LogP contribution in [0.5, 0.6) is 17.2 Å². The highest BCUT2D eigenvalue weighted by Crippen LogP contribution is 2.43. The van der Waals surface area contributed by atoms with Gasteiger partial charge in [0.2, 0.25) is 0 Å². The number of hydrogen-bond acceptors (Lipinski definition) is 7. The maximum Gasteiger partial charge on any atom is 0.296 e. The zero-order valence-corrected chi connectivity index (χ0v) is 22.9. The van der Waals surface area contributed by atoms with E-state index in [0.29, 0.717) is 47.3 Å². The van der Waals surface area contributed by atoms with Crippen LogP contribution in [-0.2, 0) is 22.7 Å². The van der Waals surface area contributed by atoms with Crippen molar-refractivity contribution in [1.82, 2.24) is 4.90 Å². The average molecular weight is 554 g/mol. The summed E-state index contributed by atoms with van der Waals surface area (Å²) in [5.74, 6) is 0.166. The third-order valence-corrected chi connectivity index (χ3v) is 6.77. The molecule has 2 heterocycles. The Hall–Kier alpha value is -4.98. The van der Waals surface area contributed by atoms with Gasteiger partial charge >= 0.3 is 0 Å². The molecule has 1 amide bonds. The van der Waals surface area contributed by atoms with Gasteiger partial charge in [0, 0.05) is 5.56 Å². The van der Waals surface area contributed by atoms with Crippen molar-refractivity contribution in [2.45, 2.75) is 32.5 Å². The molecular weight excluding hydrogens is 522 g/mol. The van der Waals surface area contributed by atoms with Crippen LogP contribution in [0.25, 0.3) is 5.76 Å². The topological polar surface area (TPSA) is 98.4 Å². The molecular formula is C33H31NO7. The molecule has 4 aromatic rings. The molecule has 1 aromatic heterocycles. The van der Waals surface area contributed by atoms with Crippen LogP contribution in [0.2, 0.25) is 0 Å². The van der Waals surface area contributed by atoms with Crippen LogP contribution in [0.15, 0.2) is 101 Å². The Labute approximate surface area is 238 Å². The molecule has 5 rings (SSSR count). The Morgan fingerprint density at radius 1 is 0.927 bits per heavy atom. The number of aliphatic hydroxyl groups excluding tert-OH is 1. The van der Waals surface area contributed by atoms with Gasteiger partial charge in [0.05, 0.1) is 38.1 Å². The Balaban J connectivity index is 1.56. The van der Waals surface area contributed by atoms with Gasteiger partial charge in [0.15, 0.2) is 11.5 Å². The summed E-state index contributed by atoms with van der Waals surface area (Å²) in [6.45, 7) is 2.88. The first kappa shape index (κ1) is 27.6. The first-order valence-electron chi connectivity index (χ1n) is 13.4. The van der Waals surface area contributed by atoms with Crippen molar-refractivity contribution in [3.05, 3.63) is 119 Å². The van der Waals surface area contributed by atoms with Crippen LogP contribution in [0.1, 0.15) is 41.8 Å². The van der Waals surface area contributed by atoms with E-state index in [2.05, 4.69) is 0 Å². The van der Waals surface area contributed by atoms with E-state index in [1.54, 1.807) is 54.6 Å². The van der Waals surface area contributed by atoms with Crippen molar-refractivity contribution in [2.75, 3.05) is 13.7 Å². The molecule has 210 valence electrons. The number of carbonyl (C=O) groups is 2. The standard InChI is InChI=1S/C33H31NO7/c1-3-16-39-25-12-7-11-24(18-25)31(35)29-30(34(33(37)32(29)36)20-26-13-8-17-40-26)23-14-15-27(28(19-23)38-2)41-21-22-9-5-4-6-10-22/h4-15,17-19,30,35H,3,16,20-21H2,1-2H3. The van der Waals surface area contributed by atoms with E-state index in [4.69, 9.17) is 18.6 Å². The SMILES string of the molecule is CCCOc1cccc(C(O)=C2C(=O)C(=O)N(Cc3ccco3)C2c2ccc(OCc3ccccc3)c(OC)c2)c1. The summed E-state index contributed by atoms with van der Waals surface area (Å²) in [5, 5.41) is 11.5. The van der Waals surface area contributed by atoms with E-state index in [0.717, 1.165) is 12.0 Å². The molecule has 1 saturated heterocycles. The minimum Gasteiger partial charge on any atom is -0.507 e. The van der Waals surface area contributed by atoms with Gasteiger partial charge in [-0.1, -0.05) is 55.5 Å². The normalized spacial score (nSPS) is 16.1. The summed E-state index contributed by atoms with van der Waals surface area (Å²) < 4.78 is 22.9. The zero-order chi connectivity index (χ0) is 28.8. The molecule has 0 aliphatic carbocycles. The number of carbonyl (C=O) groups excluding carboxylic acids is 2. The number of likely N-dealkylation sites (tertiary alicyclic amines) is 1. The number of nitrogens with zero attached hydrogens (tertiary/aromatic N) is 1. The first-order chi connectivity index (χ1) is 20.0. The molecule has 1 N–H and O–H groups in total. The molecule has 3 aromatic carbocycles. The molecule has 1 fully saturated rings. The van der Waals surface area contributed by atoms with Gasteiger partial charge < -0.3 is 28.6 Å². The molecule has 41 heavy (non-hydrogen) atoms. The fourth-order valence-electron chi connectivity index (χ4n) is 4.78. The smallest absolute Gasteiger partial charge is 0.296 e. The fourth-order valence-corrected chi connectivity index (χ4v) is 4.78. The Morgan fingerprint density at radius 2 is 1.76 bits per heavy atom. The monoisotopic (exact) mass is 553 g/mol.